The van der Waals surface area contributed by atoms with Crippen molar-refractivity contribution in [1.82, 2.24) is 19.4 Å². The Morgan fingerprint density at radius 3 is 2.80 bits per heavy atom. The Morgan fingerprint density at radius 1 is 1.08 bits per heavy atom. The van der Waals surface area contributed by atoms with E-state index in [1.165, 1.54) is 32.2 Å². The molecule has 25 heavy (non-hydrogen) atoms. The number of carbonyl (C=O) groups excluding carboxylic acids is 1. The first-order valence-electron chi connectivity index (χ1n) is 9.76. The molecule has 5 rings (SSSR count). The number of amides is 1. The van der Waals surface area contributed by atoms with Gasteiger partial charge in [-0.2, -0.15) is 0 Å². The molecule has 0 radical (unpaired) electrons. The van der Waals surface area contributed by atoms with Crippen LogP contribution in [0, 0.1) is 0 Å². The lowest BCUT2D eigenvalue weighted by atomic mass is 10.2. The van der Waals surface area contributed by atoms with Crippen molar-refractivity contribution in [2.75, 3.05) is 26.2 Å². The van der Waals surface area contributed by atoms with Crippen LogP contribution >= 0.6 is 0 Å². The zero-order valence-electron chi connectivity index (χ0n) is 14.7. The molecule has 3 aliphatic rings. The predicted molar refractivity (Wildman–Crippen MR) is 97.5 cm³/mol. The summed E-state index contributed by atoms with van der Waals surface area (Å²) < 4.78 is 2.19. The van der Waals surface area contributed by atoms with Crippen molar-refractivity contribution in [1.29, 1.82) is 0 Å². The van der Waals surface area contributed by atoms with Crippen LogP contribution in [0.3, 0.4) is 0 Å². The van der Waals surface area contributed by atoms with E-state index in [1.807, 2.05) is 12.1 Å². The number of aromatic nitrogens is 2. The van der Waals surface area contributed by atoms with Gasteiger partial charge in [0.1, 0.15) is 12.4 Å². The average molecular weight is 338 g/mol. The van der Waals surface area contributed by atoms with Gasteiger partial charge in [0.25, 0.3) is 0 Å². The Hall–Kier alpha value is -1.88. The molecule has 2 saturated heterocycles. The van der Waals surface area contributed by atoms with Gasteiger partial charge in [0.2, 0.25) is 5.91 Å². The zero-order chi connectivity index (χ0) is 16.8. The van der Waals surface area contributed by atoms with Crippen molar-refractivity contribution in [3.05, 3.63) is 30.1 Å². The van der Waals surface area contributed by atoms with Gasteiger partial charge in [-0.05, 0) is 50.8 Å². The highest BCUT2D eigenvalue weighted by molar-refractivity contribution is 5.81. The van der Waals surface area contributed by atoms with Crippen LogP contribution in [0.5, 0.6) is 0 Å². The molecule has 0 spiro atoms. The maximum absolute atomic E-state index is 13.1. The van der Waals surface area contributed by atoms with Gasteiger partial charge in [0, 0.05) is 31.6 Å². The molecule has 0 unspecified atom stereocenters. The topological polar surface area (TPSA) is 41.4 Å². The summed E-state index contributed by atoms with van der Waals surface area (Å²) in [5, 5.41) is 0. The molecule has 5 heteroatoms. The van der Waals surface area contributed by atoms with Gasteiger partial charge in [0.15, 0.2) is 0 Å². The van der Waals surface area contributed by atoms with Gasteiger partial charge in [-0.25, -0.2) is 4.98 Å². The van der Waals surface area contributed by atoms with Gasteiger partial charge in [-0.3, -0.25) is 9.69 Å². The molecule has 0 bridgehead atoms. The molecule has 1 aromatic heterocycles. The third-order valence-electron chi connectivity index (χ3n) is 6.08. The molecule has 1 aromatic carbocycles. The fraction of sp³-hybridized carbons (Fsp3) is 0.600. The molecule has 3 fully saturated rings. The SMILES string of the molecule is O=C(Cn1c(C2CC2)nc2ccccc21)N1CCCN2CCC[C@@H]2C1. The Balaban J connectivity index is 1.40. The largest absolute Gasteiger partial charge is 0.340 e. The molecule has 2 aromatic rings. The minimum absolute atomic E-state index is 0.263. The summed E-state index contributed by atoms with van der Waals surface area (Å²) in [6.45, 7) is 4.61. The van der Waals surface area contributed by atoms with Crippen LogP contribution in [0.25, 0.3) is 11.0 Å². The zero-order valence-corrected chi connectivity index (χ0v) is 14.7. The summed E-state index contributed by atoms with van der Waals surface area (Å²) in [7, 11) is 0. The van der Waals surface area contributed by atoms with E-state index in [0.717, 1.165) is 42.9 Å². The molecule has 1 saturated carbocycles. The van der Waals surface area contributed by atoms with Gasteiger partial charge in [-0.15, -0.1) is 0 Å². The molecule has 1 aliphatic carbocycles. The van der Waals surface area contributed by atoms with Crippen LogP contribution < -0.4 is 0 Å². The smallest absolute Gasteiger partial charge is 0.242 e. The second-order valence-electron chi connectivity index (χ2n) is 7.84. The van der Waals surface area contributed by atoms with Gasteiger partial charge < -0.3 is 9.47 Å². The van der Waals surface area contributed by atoms with Crippen LogP contribution in [0.15, 0.2) is 24.3 Å². The number of para-hydroxylation sites is 2. The number of fused-ring (bicyclic) bond motifs is 2. The number of rotatable bonds is 3. The minimum atomic E-state index is 0.263. The van der Waals surface area contributed by atoms with Crippen LogP contribution in [-0.2, 0) is 11.3 Å². The Morgan fingerprint density at radius 2 is 1.92 bits per heavy atom. The van der Waals surface area contributed by atoms with Crippen molar-refractivity contribution < 1.29 is 4.79 Å². The second-order valence-corrected chi connectivity index (χ2v) is 7.84. The molecular formula is C20H26N4O. The highest BCUT2D eigenvalue weighted by Gasteiger charge is 2.33. The highest BCUT2D eigenvalue weighted by Crippen LogP contribution is 2.40. The standard InChI is InChI=1S/C20H26N4O/c25-19(23-12-4-11-22-10-3-5-16(22)13-23)14-24-18-7-2-1-6-17(18)21-20(24)15-8-9-15/h1-2,6-7,15-16H,3-5,8-14H2/t16-/m1/s1. The Labute approximate surface area is 148 Å². The summed E-state index contributed by atoms with van der Waals surface area (Å²) in [5.74, 6) is 1.93. The van der Waals surface area contributed by atoms with Crippen LogP contribution in [0.4, 0.5) is 0 Å². The fourth-order valence-corrected chi connectivity index (χ4v) is 4.58. The third-order valence-corrected chi connectivity index (χ3v) is 6.08. The van der Waals surface area contributed by atoms with E-state index in [0.29, 0.717) is 18.5 Å². The molecule has 2 aliphatic heterocycles. The average Bonchev–Trinajstić information content (AvgIpc) is 3.34. The minimum Gasteiger partial charge on any atom is -0.340 e. The number of imidazole rings is 1. The van der Waals surface area contributed by atoms with Crippen molar-refractivity contribution >= 4 is 16.9 Å². The third kappa shape index (κ3) is 2.84. The van der Waals surface area contributed by atoms with Crippen LogP contribution in [-0.4, -0.2) is 57.5 Å². The first kappa shape index (κ1) is 15.4. The Bertz CT molecular complexity index is 794. The second kappa shape index (κ2) is 6.13. The molecule has 1 atom stereocenters. The molecule has 0 N–H and O–H groups in total. The first-order valence-corrected chi connectivity index (χ1v) is 9.76. The van der Waals surface area contributed by atoms with E-state index in [1.54, 1.807) is 0 Å². The lowest BCUT2D eigenvalue weighted by Gasteiger charge is -2.26. The van der Waals surface area contributed by atoms with E-state index in [-0.39, 0.29) is 5.91 Å². The molecule has 3 heterocycles. The highest BCUT2D eigenvalue weighted by atomic mass is 16.2. The maximum Gasteiger partial charge on any atom is 0.242 e. The lowest BCUT2D eigenvalue weighted by molar-refractivity contribution is -0.132. The number of hydrogen-bond acceptors (Lipinski definition) is 3. The summed E-state index contributed by atoms with van der Waals surface area (Å²) in [6.07, 6.45) is 6.04. The molecule has 1 amide bonds. The van der Waals surface area contributed by atoms with E-state index < -0.39 is 0 Å². The summed E-state index contributed by atoms with van der Waals surface area (Å²) in [4.78, 5) is 22.6. The molecule has 5 nitrogen and oxygen atoms in total. The van der Waals surface area contributed by atoms with Crippen molar-refractivity contribution in [2.24, 2.45) is 0 Å². The van der Waals surface area contributed by atoms with Gasteiger partial charge in [0.05, 0.1) is 11.0 Å². The summed E-state index contributed by atoms with van der Waals surface area (Å²) in [6, 6.07) is 8.81. The number of nitrogens with zero attached hydrogens (tertiary/aromatic N) is 4. The van der Waals surface area contributed by atoms with E-state index in [4.69, 9.17) is 4.98 Å². The van der Waals surface area contributed by atoms with Crippen LogP contribution in [0.2, 0.25) is 0 Å². The van der Waals surface area contributed by atoms with Gasteiger partial charge in [-0.1, -0.05) is 12.1 Å². The van der Waals surface area contributed by atoms with E-state index in [9.17, 15) is 4.79 Å². The monoisotopic (exact) mass is 338 g/mol. The molecule has 132 valence electrons. The Kier molecular flexibility index (Phi) is 3.77. The fourth-order valence-electron chi connectivity index (χ4n) is 4.58. The number of carbonyl (C=O) groups is 1. The summed E-state index contributed by atoms with van der Waals surface area (Å²) >= 11 is 0. The lowest BCUT2D eigenvalue weighted by Crippen LogP contribution is -2.41. The summed E-state index contributed by atoms with van der Waals surface area (Å²) in [5.41, 5.74) is 2.13. The number of hydrogen-bond donors (Lipinski definition) is 0. The first-order chi connectivity index (χ1) is 12.3. The maximum atomic E-state index is 13.1. The van der Waals surface area contributed by atoms with Crippen molar-refractivity contribution in [2.45, 2.75) is 50.6 Å². The van der Waals surface area contributed by atoms with Gasteiger partial charge >= 0.3 is 0 Å². The van der Waals surface area contributed by atoms with E-state index in [2.05, 4.69) is 26.5 Å². The normalized spacial score (nSPS) is 24.5. The van der Waals surface area contributed by atoms with E-state index >= 15 is 0 Å². The van der Waals surface area contributed by atoms with Crippen molar-refractivity contribution in [3.63, 3.8) is 0 Å². The molecular weight excluding hydrogens is 312 g/mol. The van der Waals surface area contributed by atoms with Crippen LogP contribution in [0.1, 0.15) is 43.8 Å². The number of benzene rings is 1. The predicted octanol–water partition coefficient (Wildman–Crippen LogP) is 2.61. The van der Waals surface area contributed by atoms with Crippen molar-refractivity contribution in [3.8, 4) is 0 Å². The quantitative estimate of drug-likeness (QED) is 0.864.